The number of aromatic nitrogens is 2. The van der Waals surface area contributed by atoms with Crippen LogP contribution in [0.1, 0.15) is 16.2 Å². The number of nitrogens with zero attached hydrogens (tertiary/aromatic N) is 2. The Hall–Kier alpha value is -1.75. The van der Waals surface area contributed by atoms with E-state index in [1.165, 1.54) is 0 Å². The van der Waals surface area contributed by atoms with Crippen LogP contribution in [-0.2, 0) is 0 Å². The van der Waals surface area contributed by atoms with E-state index in [9.17, 15) is 4.79 Å². The van der Waals surface area contributed by atoms with Crippen LogP contribution in [0.5, 0.6) is 0 Å². The zero-order valence-corrected chi connectivity index (χ0v) is 13.7. The number of hydrogen-bond donors (Lipinski definition) is 1. The molecular formula is C15H10Cl3N3O. The van der Waals surface area contributed by atoms with Crippen molar-refractivity contribution in [3.63, 3.8) is 0 Å². The van der Waals surface area contributed by atoms with Crippen LogP contribution in [0.15, 0.2) is 36.5 Å². The quantitative estimate of drug-likeness (QED) is 0.714. The summed E-state index contributed by atoms with van der Waals surface area (Å²) in [6, 6.07) is 8.34. The Kier molecular flexibility index (Phi) is 4.00. The number of rotatable bonds is 2. The molecule has 7 heteroatoms. The molecule has 0 unspecified atom stereocenters. The topological polar surface area (TPSA) is 46.4 Å². The van der Waals surface area contributed by atoms with Gasteiger partial charge in [-0.1, -0.05) is 34.8 Å². The lowest BCUT2D eigenvalue weighted by Gasteiger charge is -2.08. The number of imidazole rings is 1. The number of halogens is 3. The number of fused-ring (bicyclic) bond motifs is 1. The zero-order chi connectivity index (χ0) is 15.9. The van der Waals surface area contributed by atoms with Gasteiger partial charge in [-0.25, -0.2) is 4.98 Å². The van der Waals surface area contributed by atoms with Crippen LogP contribution in [0.25, 0.3) is 5.65 Å². The molecule has 0 fully saturated rings. The fraction of sp³-hybridized carbons (Fsp3) is 0.0667. The van der Waals surface area contributed by atoms with Gasteiger partial charge >= 0.3 is 0 Å². The maximum Gasteiger partial charge on any atom is 0.274 e. The summed E-state index contributed by atoms with van der Waals surface area (Å²) < 4.78 is 1.65. The molecule has 0 saturated heterocycles. The van der Waals surface area contributed by atoms with Crippen molar-refractivity contribution < 1.29 is 4.79 Å². The molecule has 3 aromatic rings. The van der Waals surface area contributed by atoms with Crippen molar-refractivity contribution in [1.82, 2.24) is 9.38 Å². The van der Waals surface area contributed by atoms with Crippen molar-refractivity contribution >= 4 is 52.0 Å². The average molecular weight is 355 g/mol. The number of carbonyl (C=O) groups excluding carboxylic acids is 1. The molecule has 0 radical (unpaired) electrons. The van der Waals surface area contributed by atoms with E-state index in [1.807, 2.05) is 0 Å². The van der Waals surface area contributed by atoms with Crippen LogP contribution in [0.2, 0.25) is 15.1 Å². The number of pyridine rings is 1. The highest BCUT2D eigenvalue weighted by molar-refractivity contribution is 6.36. The number of nitrogens with one attached hydrogen (secondary N) is 1. The van der Waals surface area contributed by atoms with Gasteiger partial charge in [-0.2, -0.15) is 0 Å². The van der Waals surface area contributed by atoms with Gasteiger partial charge in [-0.3, -0.25) is 9.20 Å². The van der Waals surface area contributed by atoms with E-state index < -0.39 is 0 Å². The predicted molar refractivity (Wildman–Crippen MR) is 89.4 cm³/mol. The molecule has 22 heavy (non-hydrogen) atoms. The second-order valence-corrected chi connectivity index (χ2v) is 5.98. The van der Waals surface area contributed by atoms with Crippen molar-refractivity contribution in [2.75, 3.05) is 5.32 Å². The lowest BCUT2D eigenvalue weighted by molar-refractivity contribution is 0.102. The van der Waals surface area contributed by atoms with E-state index in [1.54, 1.807) is 47.9 Å². The molecule has 2 heterocycles. The van der Waals surface area contributed by atoms with Crippen molar-refractivity contribution in [2.24, 2.45) is 0 Å². The molecule has 0 aliphatic rings. The first-order chi connectivity index (χ1) is 10.5. The van der Waals surface area contributed by atoms with Gasteiger partial charge < -0.3 is 5.32 Å². The summed E-state index contributed by atoms with van der Waals surface area (Å²) in [6.45, 7) is 1.76. The lowest BCUT2D eigenvalue weighted by Crippen LogP contribution is -2.15. The molecule has 0 aliphatic heterocycles. The first kappa shape index (κ1) is 15.2. The van der Waals surface area contributed by atoms with Gasteiger partial charge in [0.15, 0.2) is 0 Å². The van der Waals surface area contributed by atoms with Gasteiger partial charge in [0.1, 0.15) is 11.3 Å². The summed E-state index contributed by atoms with van der Waals surface area (Å²) in [4.78, 5) is 16.9. The molecule has 1 amide bonds. The average Bonchev–Trinajstić information content (AvgIpc) is 2.77. The summed E-state index contributed by atoms with van der Waals surface area (Å²) >= 11 is 17.9. The molecule has 1 N–H and O–H groups in total. The van der Waals surface area contributed by atoms with Crippen molar-refractivity contribution in [1.29, 1.82) is 0 Å². The SMILES string of the molecule is Cc1nc2ccc(Cl)cn2c1C(=O)Nc1ccc(Cl)cc1Cl. The molecule has 0 bridgehead atoms. The Morgan fingerprint density at radius 1 is 1.14 bits per heavy atom. The first-order valence-corrected chi connectivity index (χ1v) is 7.49. The van der Waals surface area contributed by atoms with Crippen molar-refractivity contribution in [3.8, 4) is 0 Å². The molecular weight excluding hydrogens is 345 g/mol. The van der Waals surface area contributed by atoms with Gasteiger partial charge in [-0.15, -0.1) is 0 Å². The summed E-state index contributed by atoms with van der Waals surface area (Å²) in [5.74, 6) is -0.323. The number of benzene rings is 1. The minimum atomic E-state index is -0.323. The summed E-state index contributed by atoms with van der Waals surface area (Å²) in [6.07, 6.45) is 1.65. The van der Waals surface area contributed by atoms with Crippen LogP contribution >= 0.6 is 34.8 Å². The van der Waals surface area contributed by atoms with Gasteiger partial charge in [0, 0.05) is 11.2 Å². The van der Waals surface area contributed by atoms with Gasteiger partial charge in [0.2, 0.25) is 0 Å². The van der Waals surface area contributed by atoms with Crippen LogP contribution in [0.4, 0.5) is 5.69 Å². The van der Waals surface area contributed by atoms with Gasteiger partial charge in [0.25, 0.3) is 5.91 Å². The van der Waals surface area contributed by atoms with E-state index in [0.29, 0.717) is 37.8 Å². The Morgan fingerprint density at radius 2 is 1.86 bits per heavy atom. The van der Waals surface area contributed by atoms with E-state index in [0.717, 1.165) is 0 Å². The minimum absolute atomic E-state index is 0.323. The lowest BCUT2D eigenvalue weighted by atomic mass is 10.2. The van der Waals surface area contributed by atoms with E-state index in [2.05, 4.69) is 10.3 Å². The van der Waals surface area contributed by atoms with Crippen LogP contribution < -0.4 is 5.32 Å². The maximum absolute atomic E-state index is 12.6. The van der Waals surface area contributed by atoms with Crippen molar-refractivity contribution in [3.05, 3.63) is 63.0 Å². The predicted octanol–water partition coefficient (Wildman–Crippen LogP) is 4.86. The largest absolute Gasteiger partial charge is 0.319 e. The normalized spacial score (nSPS) is 10.9. The standard InChI is InChI=1S/C15H10Cl3N3O/c1-8-14(21-7-10(17)3-5-13(21)19-8)15(22)20-12-4-2-9(16)6-11(12)18/h2-7H,1H3,(H,20,22). The highest BCUT2D eigenvalue weighted by Gasteiger charge is 2.18. The number of anilines is 1. The highest BCUT2D eigenvalue weighted by atomic mass is 35.5. The molecule has 1 aromatic carbocycles. The second-order valence-electron chi connectivity index (χ2n) is 4.70. The van der Waals surface area contributed by atoms with E-state index >= 15 is 0 Å². The summed E-state index contributed by atoms with van der Waals surface area (Å²) in [7, 11) is 0. The Bertz CT molecular complexity index is 889. The molecule has 0 saturated carbocycles. The number of hydrogen-bond acceptors (Lipinski definition) is 2. The maximum atomic E-state index is 12.6. The Labute approximate surface area is 141 Å². The van der Waals surface area contributed by atoms with E-state index in [4.69, 9.17) is 34.8 Å². The summed E-state index contributed by atoms with van der Waals surface area (Å²) in [5, 5.41) is 4.14. The van der Waals surface area contributed by atoms with Crippen LogP contribution in [0, 0.1) is 6.92 Å². The smallest absolute Gasteiger partial charge is 0.274 e. The second kappa shape index (κ2) is 5.80. The number of amides is 1. The third-order valence-corrected chi connectivity index (χ3v) is 3.92. The Morgan fingerprint density at radius 3 is 2.59 bits per heavy atom. The third-order valence-electron chi connectivity index (χ3n) is 3.15. The van der Waals surface area contributed by atoms with E-state index in [-0.39, 0.29) is 5.91 Å². The third kappa shape index (κ3) is 2.77. The molecule has 4 nitrogen and oxygen atoms in total. The minimum Gasteiger partial charge on any atom is -0.319 e. The summed E-state index contributed by atoms with van der Waals surface area (Å²) in [5.41, 5.74) is 2.13. The fourth-order valence-corrected chi connectivity index (χ4v) is 2.80. The fourth-order valence-electron chi connectivity index (χ4n) is 2.18. The van der Waals surface area contributed by atoms with Gasteiger partial charge in [0.05, 0.1) is 21.4 Å². The molecule has 0 atom stereocenters. The monoisotopic (exact) mass is 353 g/mol. The first-order valence-electron chi connectivity index (χ1n) is 6.36. The molecule has 112 valence electrons. The Balaban J connectivity index is 2.02. The zero-order valence-electron chi connectivity index (χ0n) is 11.4. The number of carbonyl (C=O) groups is 1. The molecule has 0 aliphatic carbocycles. The van der Waals surface area contributed by atoms with Crippen molar-refractivity contribution in [2.45, 2.75) is 6.92 Å². The van der Waals surface area contributed by atoms with Crippen LogP contribution in [0.3, 0.4) is 0 Å². The van der Waals surface area contributed by atoms with Crippen LogP contribution in [-0.4, -0.2) is 15.3 Å². The molecule has 2 aromatic heterocycles. The number of aryl methyl sites for hydroxylation is 1. The molecule has 3 rings (SSSR count). The van der Waals surface area contributed by atoms with Gasteiger partial charge in [-0.05, 0) is 37.3 Å². The highest BCUT2D eigenvalue weighted by Crippen LogP contribution is 2.26. The molecule has 0 spiro atoms.